The van der Waals surface area contributed by atoms with Crippen molar-refractivity contribution >= 4 is 27.4 Å². The van der Waals surface area contributed by atoms with Crippen LogP contribution in [0.4, 0.5) is 11.5 Å². The third-order valence-electron chi connectivity index (χ3n) is 4.71. The molecule has 0 fully saturated rings. The van der Waals surface area contributed by atoms with Gasteiger partial charge in [0, 0.05) is 11.8 Å². The van der Waals surface area contributed by atoms with Crippen LogP contribution in [0.15, 0.2) is 59.5 Å². The van der Waals surface area contributed by atoms with Crippen LogP contribution in [0, 0.1) is 6.92 Å². The molecular weight excluding hydrogens is 460 g/mol. The van der Waals surface area contributed by atoms with Gasteiger partial charge in [-0.1, -0.05) is 24.6 Å². The highest BCUT2D eigenvalue weighted by molar-refractivity contribution is 7.92. The average Bonchev–Trinajstić information content (AvgIpc) is 2.83. The third kappa shape index (κ3) is 6.35. The van der Waals surface area contributed by atoms with Crippen molar-refractivity contribution in [2.24, 2.45) is 0 Å². The Hall–Kier alpha value is -3.86. The molecule has 0 bridgehead atoms. The summed E-state index contributed by atoms with van der Waals surface area (Å²) in [6.45, 7) is 3.81. The van der Waals surface area contributed by atoms with E-state index in [4.69, 9.17) is 14.2 Å². The highest BCUT2D eigenvalue weighted by atomic mass is 32.2. The number of sulfonamides is 1. The average molecular weight is 487 g/mol. The van der Waals surface area contributed by atoms with Crippen molar-refractivity contribution in [3.05, 3.63) is 60.2 Å². The second-order valence-corrected chi connectivity index (χ2v) is 8.91. The van der Waals surface area contributed by atoms with Gasteiger partial charge in [-0.15, -0.1) is 0 Å². The SMILES string of the molecule is CCC(Oc1ccc(C)cc1)C(=O)Nc1ccc(S(=O)(=O)Nc2cc(OC)nc(OC)n2)cc1. The number of nitrogens with zero attached hydrogens (tertiary/aromatic N) is 2. The lowest BCUT2D eigenvalue weighted by Gasteiger charge is -2.17. The minimum Gasteiger partial charge on any atom is -0.481 e. The van der Waals surface area contributed by atoms with Gasteiger partial charge < -0.3 is 19.5 Å². The Morgan fingerprint density at radius 1 is 1.00 bits per heavy atom. The molecule has 3 aromatic rings. The van der Waals surface area contributed by atoms with Gasteiger partial charge in [0.1, 0.15) is 5.75 Å². The van der Waals surface area contributed by atoms with E-state index in [9.17, 15) is 13.2 Å². The van der Waals surface area contributed by atoms with Gasteiger partial charge in [0.15, 0.2) is 11.9 Å². The molecule has 34 heavy (non-hydrogen) atoms. The van der Waals surface area contributed by atoms with Gasteiger partial charge in [-0.05, 0) is 49.7 Å². The number of aryl methyl sites for hydroxylation is 1. The minimum absolute atomic E-state index is 0.0138. The zero-order valence-electron chi connectivity index (χ0n) is 19.2. The van der Waals surface area contributed by atoms with E-state index in [2.05, 4.69) is 20.0 Å². The van der Waals surface area contributed by atoms with Gasteiger partial charge in [0.2, 0.25) is 5.88 Å². The lowest BCUT2D eigenvalue weighted by Crippen LogP contribution is -2.32. The summed E-state index contributed by atoms with van der Waals surface area (Å²) < 4.78 is 43.6. The lowest BCUT2D eigenvalue weighted by molar-refractivity contribution is -0.122. The van der Waals surface area contributed by atoms with Crippen LogP contribution in [0.3, 0.4) is 0 Å². The lowest BCUT2D eigenvalue weighted by atomic mass is 10.2. The number of ether oxygens (including phenoxy) is 3. The molecule has 10 nitrogen and oxygen atoms in total. The molecule has 0 aliphatic rings. The number of amides is 1. The summed E-state index contributed by atoms with van der Waals surface area (Å²) in [6, 6.07) is 14.4. The largest absolute Gasteiger partial charge is 0.481 e. The van der Waals surface area contributed by atoms with Gasteiger partial charge in [-0.25, -0.2) is 8.42 Å². The van der Waals surface area contributed by atoms with Crippen LogP contribution >= 0.6 is 0 Å². The highest BCUT2D eigenvalue weighted by Crippen LogP contribution is 2.22. The number of benzene rings is 2. The number of nitrogens with one attached hydrogen (secondary N) is 2. The number of anilines is 2. The maximum absolute atomic E-state index is 12.8. The van der Waals surface area contributed by atoms with Gasteiger partial charge >= 0.3 is 6.01 Å². The Balaban J connectivity index is 1.68. The Morgan fingerprint density at radius 2 is 1.68 bits per heavy atom. The third-order valence-corrected chi connectivity index (χ3v) is 6.08. The molecule has 0 aliphatic carbocycles. The van der Waals surface area contributed by atoms with E-state index in [0.717, 1.165) is 5.56 Å². The van der Waals surface area contributed by atoms with Crippen LogP contribution in [-0.4, -0.2) is 44.6 Å². The van der Waals surface area contributed by atoms with Crippen LogP contribution in [0.1, 0.15) is 18.9 Å². The zero-order valence-corrected chi connectivity index (χ0v) is 20.0. The van der Waals surface area contributed by atoms with Gasteiger partial charge in [0.05, 0.1) is 19.1 Å². The summed E-state index contributed by atoms with van der Waals surface area (Å²) in [5, 5.41) is 2.75. The molecule has 3 rings (SSSR count). The van der Waals surface area contributed by atoms with E-state index in [1.165, 1.54) is 44.6 Å². The summed E-state index contributed by atoms with van der Waals surface area (Å²) in [5.41, 5.74) is 1.52. The number of carbonyl (C=O) groups is 1. The summed E-state index contributed by atoms with van der Waals surface area (Å²) >= 11 is 0. The van der Waals surface area contributed by atoms with E-state index < -0.39 is 16.1 Å². The van der Waals surface area contributed by atoms with Crippen molar-refractivity contribution in [2.75, 3.05) is 24.3 Å². The van der Waals surface area contributed by atoms with Crippen LogP contribution in [0.25, 0.3) is 0 Å². The van der Waals surface area contributed by atoms with Crippen LogP contribution in [0.5, 0.6) is 17.6 Å². The van der Waals surface area contributed by atoms with Crippen molar-refractivity contribution in [3.63, 3.8) is 0 Å². The molecule has 180 valence electrons. The molecule has 11 heteroatoms. The number of carbonyl (C=O) groups excluding carboxylic acids is 1. The first-order chi connectivity index (χ1) is 16.2. The normalized spacial score (nSPS) is 11.9. The first-order valence-electron chi connectivity index (χ1n) is 10.4. The standard InChI is InChI=1S/C23H26N4O6S/c1-5-19(33-17-10-6-15(2)7-11-17)22(28)24-16-8-12-18(13-9-16)34(29,30)27-20-14-21(31-3)26-23(25-20)32-4/h6-14,19H,5H2,1-4H3,(H,24,28)(H,25,26,27). The Morgan fingerprint density at radius 3 is 2.26 bits per heavy atom. The number of hydrogen-bond donors (Lipinski definition) is 2. The fourth-order valence-electron chi connectivity index (χ4n) is 2.89. The molecule has 1 unspecified atom stereocenters. The molecule has 0 saturated carbocycles. The number of rotatable bonds is 10. The first-order valence-corrected chi connectivity index (χ1v) is 11.9. The Labute approximate surface area is 198 Å². The molecule has 1 heterocycles. The van der Waals surface area contributed by atoms with Crippen molar-refractivity contribution in [3.8, 4) is 17.6 Å². The molecule has 1 atom stereocenters. The summed E-state index contributed by atoms with van der Waals surface area (Å²) in [7, 11) is -1.22. The summed E-state index contributed by atoms with van der Waals surface area (Å²) in [6.07, 6.45) is -0.238. The molecule has 0 radical (unpaired) electrons. The minimum atomic E-state index is -3.96. The van der Waals surface area contributed by atoms with Crippen molar-refractivity contribution in [2.45, 2.75) is 31.3 Å². The summed E-state index contributed by atoms with van der Waals surface area (Å²) in [5.74, 6) is 0.385. The monoisotopic (exact) mass is 486 g/mol. The maximum Gasteiger partial charge on any atom is 0.321 e. The van der Waals surface area contributed by atoms with E-state index in [0.29, 0.717) is 17.9 Å². The summed E-state index contributed by atoms with van der Waals surface area (Å²) in [4.78, 5) is 20.5. The molecular formula is C23H26N4O6S. The predicted octanol–water partition coefficient (Wildman–Crippen LogP) is 3.40. The molecule has 0 aliphatic heterocycles. The number of hydrogen-bond acceptors (Lipinski definition) is 8. The Bertz CT molecular complexity index is 1210. The molecule has 1 aromatic heterocycles. The second kappa shape index (κ2) is 10.8. The van der Waals surface area contributed by atoms with Crippen LogP contribution in [0.2, 0.25) is 0 Å². The van der Waals surface area contributed by atoms with E-state index in [1.807, 2.05) is 26.0 Å². The van der Waals surface area contributed by atoms with Gasteiger partial charge in [-0.3, -0.25) is 9.52 Å². The fourth-order valence-corrected chi connectivity index (χ4v) is 3.88. The van der Waals surface area contributed by atoms with Gasteiger partial charge in [0.25, 0.3) is 15.9 Å². The highest BCUT2D eigenvalue weighted by Gasteiger charge is 2.20. The van der Waals surface area contributed by atoms with Crippen molar-refractivity contribution in [1.29, 1.82) is 0 Å². The Kier molecular flexibility index (Phi) is 7.90. The van der Waals surface area contributed by atoms with Gasteiger partial charge in [-0.2, -0.15) is 9.97 Å². The topological polar surface area (TPSA) is 129 Å². The zero-order chi connectivity index (χ0) is 24.7. The fraction of sp³-hybridized carbons (Fsp3) is 0.261. The molecule has 1 amide bonds. The van der Waals surface area contributed by atoms with E-state index >= 15 is 0 Å². The second-order valence-electron chi connectivity index (χ2n) is 7.23. The number of aromatic nitrogens is 2. The number of methoxy groups -OCH3 is 2. The van der Waals surface area contributed by atoms with Crippen LogP contribution < -0.4 is 24.2 Å². The van der Waals surface area contributed by atoms with E-state index in [1.54, 1.807) is 12.1 Å². The smallest absolute Gasteiger partial charge is 0.321 e. The predicted molar refractivity (Wildman–Crippen MR) is 127 cm³/mol. The van der Waals surface area contributed by atoms with Crippen molar-refractivity contribution in [1.82, 2.24) is 9.97 Å². The maximum atomic E-state index is 12.8. The first kappa shape index (κ1) is 24.8. The molecule has 0 saturated heterocycles. The molecule has 2 aromatic carbocycles. The van der Waals surface area contributed by atoms with E-state index in [-0.39, 0.29) is 28.5 Å². The molecule has 0 spiro atoms. The van der Waals surface area contributed by atoms with Crippen molar-refractivity contribution < 1.29 is 27.4 Å². The van der Waals surface area contributed by atoms with Crippen LogP contribution in [-0.2, 0) is 14.8 Å². The molecule has 2 N–H and O–H groups in total. The quantitative estimate of drug-likeness (QED) is 0.446.